The van der Waals surface area contributed by atoms with Crippen LogP contribution in [0.25, 0.3) is 0 Å². The van der Waals surface area contributed by atoms with Gasteiger partial charge < -0.3 is 9.47 Å². The Morgan fingerprint density at radius 3 is 2.73 bits per heavy atom. The normalized spacial score (nSPS) is 41.6. The SMILES string of the molecule is CC1=C2CC/C(C)=C/CC[C@]3(C)O[C@H]3CC/C(C)=C/[C@H]2OC1. The van der Waals surface area contributed by atoms with Crippen molar-refractivity contribution in [3.05, 3.63) is 34.4 Å². The van der Waals surface area contributed by atoms with Gasteiger partial charge in [0, 0.05) is 0 Å². The minimum atomic E-state index is 0.132. The lowest BCUT2D eigenvalue weighted by Gasteiger charge is -2.14. The highest BCUT2D eigenvalue weighted by atomic mass is 16.6. The molecule has 0 aromatic rings. The number of hydrogen-bond donors (Lipinski definition) is 0. The van der Waals surface area contributed by atoms with Crippen LogP contribution < -0.4 is 0 Å². The van der Waals surface area contributed by atoms with Gasteiger partial charge in [-0.2, -0.15) is 0 Å². The van der Waals surface area contributed by atoms with Crippen LogP contribution in [0.1, 0.15) is 66.2 Å². The number of ether oxygens (including phenoxy) is 2. The van der Waals surface area contributed by atoms with E-state index in [9.17, 15) is 0 Å². The molecule has 1 aliphatic carbocycles. The van der Waals surface area contributed by atoms with Crippen molar-refractivity contribution in [1.82, 2.24) is 0 Å². The fourth-order valence-corrected chi connectivity index (χ4v) is 3.77. The standard InChI is InChI=1S/C20H30O2/c1-14-6-5-11-20(4)19(22-20)10-8-15(2)12-18-17(9-7-14)16(3)13-21-18/h6,12,18-19H,5,7-11,13H2,1-4H3/b14-6+,15-12+/t18-,19+,20+/m1/s1. The smallest absolute Gasteiger partial charge is 0.0977 e. The van der Waals surface area contributed by atoms with Crippen molar-refractivity contribution in [3.63, 3.8) is 0 Å². The molecule has 2 heteroatoms. The van der Waals surface area contributed by atoms with Crippen LogP contribution in [-0.4, -0.2) is 24.4 Å². The van der Waals surface area contributed by atoms with Crippen molar-refractivity contribution < 1.29 is 9.47 Å². The third kappa shape index (κ3) is 3.55. The third-order valence-electron chi connectivity index (χ3n) is 5.57. The topological polar surface area (TPSA) is 21.8 Å². The number of rotatable bonds is 0. The van der Waals surface area contributed by atoms with Crippen LogP contribution in [0.4, 0.5) is 0 Å². The van der Waals surface area contributed by atoms with Crippen molar-refractivity contribution in [3.8, 4) is 0 Å². The first kappa shape index (κ1) is 16.0. The summed E-state index contributed by atoms with van der Waals surface area (Å²) in [5, 5.41) is 0. The fourth-order valence-electron chi connectivity index (χ4n) is 3.77. The monoisotopic (exact) mass is 302 g/mol. The second kappa shape index (κ2) is 6.33. The van der Waals surface area contributed by atoms with E-state index in [1.165, 1.54) is 22.3 Å². The summed E-state index contributed by atoms with van der Waals surface area (Å²) in [5.74, 6) is 0. The van der Waals surface area contributed by atoms with E-state index in [0.717, 1.165) is 45.1 Å². The maximum atomic E-state index is 5.99. The van der Waals surface area contributed by atoms with E-state index in [0.29, 0.717) is 6.10 Å². The van der Waals surface area contributed by atoms with Crippen LogP contribution >= 0.6 is 0 Å². The zero-order valence-corrected chi connectivity index (χ0v) is 14.6. The van der Waals surface area contributed by atoms with Crippen LogP contribution in [0.15, 0.2) is 34.4 Å². The summed E-state index contributed by atoms with van der Waals surface area (Å²) in [6, 6.07) is 0. The lowest BCUT2D eigenvalue weighted by Crippen LogP contribution is -2.11. The molecule has 3 rings (SSSR count). The highest BCUT2D eigenvalue weighted by molar-refractivity contribution is 5.29. The lowest BCUT2D eigenvalue weighted by molar-refractivity contribution is 0.150. The molecule has 0 saturated carbocycles. The molecule has 1 saturated heterocycles. The molecular formula is C20H30O2. The summed E-state index contributed by atoms with van der Waals surface area (Å²) >= 11 is 0. The molecule has 0 aromatic heterocycles. The summed E-state index contributed by atoms with van der Waals surface area (Å²) in [7, 11) is 0. The van der Waals surface area contributed by atoms with Gasteiger partial charge in [0.25, 0.3) is 0 Å². The molecule has 0 unspecified atom stereocenters. The number of epoxide rings is 1. The zero-order chi connectivity index (χ0) is 15.7. The molecule has 1 fully saturated rings. The summed E-state index contributed by atoms with van der Waals surface area (Å²) in [6.07, 6.45) is 12.3. The Balaban J connectivity index is 1.76. The van der Waals surface area contributed by atoms with Gasteiger partial charge in [0.05, 0.1) is 24.4 Å². The molecule has 22 heavy (non-hydrogen) atoms. The predicted octanol–water partition coefficient (Wildman–Crippen LogP) is 5.11. The van der Waals surface area contributed by atoms with Crippen LogP contribution in [0, 0.1) is 0 Å². The average Bonchev–Trinajstić information content (AvgIpc) is 2.98. The van der Waals surface area contributed by atoms with Gasteiger partial charge >= 0.3 is 0 Å². The van der Waals surface area contributed by atoms with E-state index in [1.54, 1.807) is 0 Å². The van der Waals surface area contributed by atoms with Gasteiger partial charge in [0.15, 0.2) is 0 Å². The summed E-state index contributed by atoms with van der Waals surface area (Å²) in [4.78, 5) is 0. The van der Waals surface area contributed by atoms with E-state index in [2.05, 4.69) is 39.8 Å². The van der Waals surface area contributed by atoms with Crippen LogP contribution in [0.3, 0.4) is 0 Å². The molecule has 0 aromatic carbocycles. The Morgan fingerprint density at radius 1 is 1.09 bits per heavy atom. The maximum absolute atomic E-state index is 5.99. The van der Waals surface area contributed by atoms with Crippen molar-refractivity contribution >= 4 is 0 Å². The lowest BCUT2D eigenvalue weighted by atomic mass is 9.93. The largest absolute Gasteiger partial charge is 0.366 e. The molecule has 0 spiro atoms. The number of fused-ring (bicyclic) bond motifs is 2. The first-order valence-corrected chi connectivity index (χ1v) is 8.79. The van der Waals surface area contributed by atoms with E-state index in [1.807, 2.05) is 0 Å². The summed E-state index contributed by atoms with van der Waals surface area (Å²) < 4.78 is 12.0. The molecule has 3 aliphatic rings. The van der Waals surface area contributed by atoms with E-state index >= 15 is 0 Å². The van der Waals surface area contributed by atoms with Crippen LogP contribution in [-0.2, 0) is 9.47 Å². The molecular weight excluding hydrogens is 272 g/mol. The molecule has 0 bridgehead atoms. The molecule has 0 amide bonds. The highest BCUT2D eigenvalue weighted by Crippen LogP contribution is 2.43. The molecule has 122 valence electrons. The second-order valence-electron chi connectivity index (χ2n) is 7.60. The maximum Gasteiger partial charge on any atom is 0.0977 e. The Bertz CT molecular complexity index is 526. The number of hydrogen-bond acceptors (Lipinski definition) is 2. The minimum absolute atomic E-state index is 0.132. The van der Waals surface area contributed by atoms with Crippen LogP contribution in [0.5, 0.6) is 0 Å². The average molecular weight is 302 g/mol. The fraction of sp³-hybridized carbons (Fsp3) is 0.700. The van der Waals surface area contributed by atoms with Gasteiger partial charge in [-0.3, -0.25) is 0 Å². The van der Waals surface area contributed by atoms with Gasteiger partial charge in [-0.25, -0.2) is 0 Å². The van der Waals surface area contributed by atoms with E-state index in [4.69, 9.17) is 9.47 Å². The van der Waals surface area contributed by atoms with Crippen LogP contribution in [0.2, 0.25) is 0 Å². The quantitative estimate of drug-likeness (QED) is 0.458. The summed E-state index contributed by atoms with van der Waals surface area (Å²) in [5.41, 5.74) is 6.03. The third-order valence-corrected chi connectivity index (χ3v) is 5.57. The second-order valence-corrected chi connectivity index (χ2v) is 7.60. The van der Waals surface area contributed by atoms with Crippen molar-refractivity contribution in [2.45, 2.75) is 84.0 Å². The van der Waals surface area contributed by atoms with Gasteiger partial charge in [0.1, 0.15) is 0 Å². The molecule has 3 atom stereocenters. The molecule has 0 N–H and O–H groups in total. The van der Waals surface area contributed by atoms with Gasteiger partial charge in [0.2, 0.25) is 0 Å². The van der Waals surface area contributed by atoms with Crippen molar-refractivity contribution in [1.29, 1.82) is 0 Å². The van der Waals surface area contributed by atoms with E-state index < -0.39 is 0 Å². The molecule has 2 heterocycles. The van der Waals surface area contributed by atoms with Crippen molar-refractivity contribution in [2.75, 3.05) is 6.61 Å². The minimum Gasteiger partial charge on any atom is -0.366 e. The van der Waals surface area contributed by atoms with Gasteiger partial charge in [-0.1, -0.05) is 23.3 Å². The van der Waals surface area contributed by atoms with Crippen molar-refractivity contribution in [2.24, 2.45) is 0 Å². The number of allylic oxidation sites excluding steroid dienone is 3. The Labute approximate surface area is 135 Å². The predicted molar refractivity (Wildman–Crippen MR) is 90.9 cm³/mol. The Kier molecular flexibility index (Phi) is 4.61. The molecule has 0 radical (unpaired) electrons. The van der Waals surface area contributed by atoms with Gasteiger partial charge in [-0.15, -0.1) is 0 Å². The summed E-state index contributed by atoms with van der Waals surface area (Å²) in [6.45, 7) is 9.81. The highest BCUT2D eigenvalue weighted by Gasteiger charge is 2.50. The van der Waals surface area contributed by atoms with Gasteiger partial charge in [-0.05, 0) is 77.4 Å². The Hall–Kier alpha value is -0.860. The van der Waals surface area contributed by atoms with E-state index in [-0.39, 0.29) is 11.7 Å². The first-order valence-electron chi connectivity index (χ1n) is 8.79. The zero-order valence-electron chi connectivity index (χ0n) is 14.6. The Morgan fingerprint density at radius 2 is 1.91 bits per heavy atom. The molecule has 2 aliphatic heterocycles. The first-order chi connectivity index (χ1) is 10.5. The molecule has 2 nitrogen and oxygen atoms in total.